The van der Waals surface area contributed by atoms with Crippen molar-refractivity contribution in [1.29, 1.82) is 0 Å². The molecule has 0 saturated carbocycles. The molecular formula is C16H30N2O3. The summed E-state index contributed by atoms with van der Waals surface area (Å²) in [7, 11) is 0. The summed E-state index contributed by atoms with van der Waals surface area (Å²) < 4.78 is 10.9. The van der Waals surface area contributed by atoms with Crippen LogP contribution in [0.25, 0.3) is 0 Å². The highest BCUT2D eigenvalue weighted by Crippen LogP contribution is 2.24. The molecule has 0 aromatic carbocycles. The van der Waals surface area contributed by atoms with Crippen molar-refractivity contribution in [3.63, 3.8) is 0 Å². The van der Waals surface area contributed by atoms with E-state index in [-0.39, 0.29) is 11.6 Å². The summed E-state index contributed by atoms with van der Waals surface area (Å²) in [6.45, 7) is 12.3. The molecule has 2 aliphatic rings. The van der Waals surface area contributed by atoms with Crippen molar-refractivity contribution in [2.75, 3.05) is 32.8 Å². The van der Waals surface area contributed by atoms with Crippen molar-refractivity contribution < 1.29 is 14.3 Å². The van der Waals surface area contributed by atoms with Gasteiger partial charge in [-0.3, -0.25) is 0 Å². The van der Waals surface area contributed by atoms with E-state index in [4.69, 9.17) is 9.47 Å². The Bertz CT molecular complexity index is 351. The van der Waals surface area contributed by atoms with Gasteiger partial charge in [0, 0.05) is 31.8 Å². The fourth-order valence-corrected chi connectivity index (χ4v) is 2.82. The molecule has 5 heteroatoms. The van der Waals surface area contributed by atoms with Gasteiger partial charge < -0.3 is 19.7 Å². The highest BCUT2D eigenvalue weighted by molar-refractivity contribution is 5.68. The topological polar surface area (TPSA) is 50.8 Å². The van der Waals surface area contributed by atoms with Gasteiger partial charge in [0.15, 0.2) is 0 Å². The molecule has 0 aromatic rings. The second kappa shape index (κ2) is 6.53. The zero-order chi connectivity index (χ0) is 15.5. The quantitative estimate of drug-likeness (QED) is 0.869. The highest BCUT2D eigenvalue weighted by Gasteiger charge is 2.33. The standard InChI is InChI=1S/C16H30N2O3/c1-15(2,3)21-14(19)18-8-6-16(4,7-9-18)17-11-13-5-10-20-12-13/h13,17H,5-12H2,1-4H3. The average Bonchev–Trinajstić information content (AvgIpc) is 2.88. The minimum Gasteiger partial charge on any atom is -0.444 e. The van der Waals surface area contributed by atoms with Crippen molar-refractivity contribution in [3.05, 3.63) is 0 Å². The molecule has 1 amide bonds. The lowest BCUT2D eigenvalue weighted by molar-refractivity contribution is 0.0155. The molecule has 5 nitrogen and oxygen atoms in total. The van der Waals surface area contributed by atoms with E-state index in [0.717, 1.165) is 52.1 Å². The van der Waals surface area contributed by atoms with E-state index in [1.165, 1.54) is 0 Å². The van der Waals surface area contributed by atoms with Gasteiger partial charge in [-0.1, -0.05) is 0 Å². The molecule has 1 unspecified atom stereocenters. The predicted molar refractivity (Wildman–Crippen MR) is 82.4 cm³/mol. The van der Waals surface area contributed by atoms with Gasteiger partial charge in [-0.2, -0.15) is 0 Å². The number of nitrogens with zero attached hydrogens (tertiary/aromatic N) is 1. The molecule has 21 heavy (non-hydrogen) atoms. The number of hydrogen-bond acceptors (Lipinski definition) is 4. The summed E-state index contributed by atoms with van der Waals surface area (Å²) >= 11 is 0. The SMILES string of the molecule is CC1(NCC2CCOC2)CCN(C(=O)OC(C)(C)C)CC1. The van der Waals surface area contributed by atoms with Crippen LogP contribution in [-0.4, -0.2) is 55.0 Å². The monoisotopic (exact) mass is 298 g/mol. The highest BCUT2D eigenvalue weighted by atomic mass is 16.6. The summed E-state index contributed by atoms with van der Waals surface area (Å²) in [6, 6.07) is 0. The molecule has 2 saturated heterocycles. The first kappa shape index (κ1) is 16.6. The van der Waals surface area contributed by atoms with Gasteiger partial charge in [-0.05, 0) is 52.9 Å². The number of piperidine rings is 1. The molecule has 2 fully saturated rings. The molecule has 2 rings (SSSR count). The number of nitrogens with one attached hydrogen (secondary N) is 1. The maximum absolute atomic E-state index is 12.1. The molecular weight excluding hydrogens is 268 g/mol. The van der Waals surface area contributed by atoms with Gasteiger partial charge in [0.05, 0.1) is 6.61 Å². The van der Waals surface area contributed by atoms with Crippen LogP contribution in [0.3, 0.4) is 0 Å². The number of hydrogen-bond donors (Lipinski definition) is 1. The predicted octanol–water partition coefficient (Wildman–Crippen LogP) is 2.40. The maximum Gasteiger partial charge on any atom is 0.410 e. The van der Waals surface area contributed by atoms with E-state index < -0.39 is 5.60 Å². The zero-order valence-corrected chi connectivity index (χ0v) is 13.9. The molecule has 0 aromatic heterocycles. The maximum atomic E-state index is 12.1. The fourth-order valence-electron chi connectivity index (χ4n) is 2.82. The van der Waals surface area contributed by atoms with Crippen molar-refractivity contribution >= 4 is 6.09 Å². The molecule has 122 valence electrons. The van der Waals surface area contributed by atoms with Crippen molar-refractivity contribution in [1.82, 2.24) is 10.2 Å². The smallest absolute Gasteiger partial charge is 0.410 e. The number of amides is 1. The van der Waals surface area contributed by atoms with Crippen molar-refractivity contribution in [2.45, 2.75) is 58.1 Å². The number of likely N-dealkylation sites (tertiary alicyclic amines) is 1. The third-order valence-corrected chi connectivity index (χ3v) is 4.36. The van der Waals surface area contributed by atoms with Crippen LogP contribution in [0.1, 0.15) is 47.0 Å². The van der Waals surface area contributed by atoms with Gasteiger partial charge >= 0.3 is 6.09 Å². The summed E-state index contributed by atoms with van der Waals surface area (Å²) in [4.78, 5) is 13.9. The van der Waals surface area contributed by atoms with E-state index in [9.17, 15) is 4.79 Å². The number of ether oxygens (including phenoxy) is 2. The molecule has 0 aliphatic carbocycles. The Hall–Kier alpha value is -0.810. The number of rotatable bonds is 3. The van der Waals surface area contributed by atoms with Crippen LogP contribution in [-0.2, 0) is 9.47 Å². The van der Waals surface area contributed by atoms with Crippen LogP contribution in [0, 0.1) is 5.92 Å². The lowest BCUT2D eigenvalue weighted by Gasteiger charge is -2.40. The van der Waals surface area contributed by atoms with Crippen LogP contribution in [0.15, 0.2) is 0 Å². The lowest BCUT2D eigenvalue weighted by Crippen LogP contribution is -2.54. The molecule has 1 N–H and O–H groups in total. The van der Waals surface area contributed by atoms with E-state index in [1.54, 1.807) is 0 Å². The second-order valence-electron chi connectivity index (χ2n) is 7.64. The first-order valence-corrected chi connectivity index (χ1v) is 8.08. The first-order valence-electron chi connectivity index (χ1n) is 8.08. The zero-order valence-electron chi connectivity index (χ0n) is 13.9. The molecule has 0 spiro atoms. The molecule has 1 atom stereocenters. The van der Waals surface area contributed by atoms with Crippen LogP contribution >= 0.6 is 0 Å². The Labute approximate surface area is 128 Å². The van der Waals surface area contributed by atoms with Gasteiger partial charge in [0.1, 0.15) is 5.60 Å². The first-order chi connectivity index (χ1) is 9.77. The summed E-state index contributed by atoms with van der Waals surface area (Å²) in [6.07, 6.45) is 2.92. The third kappa shape index (κ3) is 5.15. The minimum absolute atomic E-state index is 0.126. The third-order valence-electron chi connectivity index (χ3n) is 4.36. The largest absolute Gasteiger partial charge is 0.444 e. The van der Waals surface area contributed by atoms with Gasteiger partial charge in [-0.15, -0.1) is 0 Å². The Balaban J connectivity index is 1.74. The van der Waals surface area contributed by atoms with Crippen LogP contribution in [0.5, 0.6) is 0 Å². The van der Waals surface area contributed by atoms with E-state index in [1.807, 2.05) is 25.7 Å². The van der Waals surface area contributed by atoms with Crippen molar-refractivity contribution in [3.8, 4) is 0 Å². The van der Waals surface area contributed by atoms with Gasteiger partial charge in [-0.25, -0.2) is 4.79 Å². The van der Waals surface area contributed by atoms with E-state index >= 15 is 0 Å². The minimum atomic E-state index is -0.418. The van der Waals surface area contributed by atoms with E-state index in [0.29, 0.717) is 5.92 Å². The fraction of sp³-hybridized carbons (Fsp3) is 0.938. The summed E-state index contributed by atoms with van der Waals surface area (Å²) in [5, 5.41) is 3.69. The Morgan fingerprint density at radius 2 is 2.05 bits per heavy atom. The lowest BCUT2D eigenvalue weighted by atomic mass is 9.89. The molecule has 0 radical (unpaired) electrons. The van der Waals surface area contributed by atoms with Crippen LogP contribution in [0.2, 0.25) is 0 Å². The van der Waals surface area contributed by atoms with Crippen LogP contribution < -0.4 is 5.32 Å². The Morgan fingerprint density at radius 1 is 1.38 bits per heavy atom. The molecule has 0 bridgehead atoms. The van der Waals surface area contributed by atoms with Gasteiger partial charge in [0.25, 0.3) is 0 Å². The summed E-state index contributed by atoms with van der Waals surface area (Å²) in [5.74, 6) is 0.644. The van der Waals surface area contributed by atoms with Crippen molar-refractivity contribution in [2.24, 2.45) is 5.92 Å². The Morgan fingerprint density at radius 3 is 2.57 bits per heavy atom. The summed E-state index contributed by atoms with van der Waals surface area (Å²) in [5.41, 5.74) is -0.292. The van der Waals surface area contributed by atoms with E-state index in [2.05, 4.69) is 12.2 Å². The number of carbonyl (C=O) groups excluding carboxylic acids is 1. The van der Waals surface area contributed by atoms with Gasteiger partial charge in [0.2, 0.25) is 0 Å². The molecule has 2 heterocycles. The van der Waals surface area contributed by atoms with Crippen LogP contribution in [0.4, 0.5) is 4.79 Å². The Kier molecular flexibility index (Phi) is 5.15. The molecule has 2 aliphatic heterocycles. The second-order valence-corrected chi connectivity index (χ2v) is 7.64. The average molecular weight is 298 g/mol. The number of carbonyl (C=O) groups is 1. The normalized spacial score (nSPS) is 25.9.